The molecule has 0 spiro atoms. The van der Waals surface area contributed by atoms with Crippen molar-refractivity contribution in [2.45, 2.75) is 13.2 Å². The molecule has 0 aliphatic carbocycles. The average Bonchev–Trinajstić information content (AvgIpc) is 2.25. The van der Waals surface area contributed by atoms with Crippen molar-refractivity contribution >= 4 is 0 Å². The minimum absolute atomic E-state index is 0.0692. The molecular formula is C11H11O3+. The summed E-state index contributed by atoms with van der Waals surface area (Å²) in [5.74, 6) is 2.62. The SMILES string of the molecule is [C+]#CCOc1cc(CO)cc(CO)c1. The summed E-state index contributed by atoms with van der Waals surface area (Å²) in [5, 5.41) is 17.8. The summed E-state index contributed by atoms with van der Waals surface area (Å²) in [6.45, 7) is -0.128. The zero-order valence-corrected chi connectivity index (χ0v) is 7.66. The first kappa shape index (κ1) is 10.8. The standard InChI is InChI=1S/C11H11O3/c1-2-3-14-11-5-9(7-12)4-10(6-11)8-13/h4-6,12-13H,3,7-8H2/q+1. The van der Waals surface area contributed by atoms with Gasteiger partial charge in [0.05, 0.1) is 0 Å². The second kappa shape index (κ2) is 5.45. The molecule has 0 unspecified atom stereocenters. The predicted molar refractivity (Wildman–Crippen MR) is 50.9 cm³/mol. The Hall–Kier alpha value is -1.28. The van der Waals surface area contributed by atoms with E-state index >= 15 is 0 Å². The van der Waals surface area contributed by atoms with Gasteiger partial charge in [-0.1, -0.05) is 0 Å². The number of ether oxygens (including phenoxy) is 1. The summed E-state index contributed by atoms with van der Waals surface area (Å²) >= 11 is 0. The van der Waals surface area contributed by atoms with Crippen LogP contribution in [0, 0.1) is 12.3 Å². The maximum absolute atomic E-state index is 8.92. The molecule has 0 heterocycles. The summed E-state index contributed by atoms with van der Waals surface area (Å²) in [6.07, 6.45) is 6.68. The Morgan fingerprint density at radius 2 is 1.71 bits per heavy atom. The fourth-order valence-corrected chi connectivity index (χ4v) is 1.11. The maximum atomic E-state index is 8.92. The second-order valence-corrected chi connectivity index (χ2v) is 2.77. The van der Waals surface area contributed by atoms with E-state index in [1.807, 2.05) is 0 Å². The topological polar surface area (TPSA) is 49.7 Å². The van der Waals surface area contributed by atoms with Crippen LogP contribution in [0.2, 0.25) is 0 Å². The summed E-state index contributed by atoms with van der Waals surface area (Å²) in [4.78, 5) is 0. The first-order chi connectivity index (χ1) is 6.80. The van der Waals surface area contributed by atoms with E-state index in [4.69, 9.17) is 21.4 Å². The van der Waals surface area contributed by atoms with Crippen LogP contribution in [0.25, 0.3) is 0 Å². The third-order valence-electron chi connectivity index (χ3n) is 1.70. The first-order valence-corrected chi connectivity index (χ1v) is 4.17. The molecule has 0 aliphatic rings. The van der Waals surface area contributed by atoms with E-state index < -0.39 is 0 Å². The molecule has 0 aromatic heterocycles. The van der Waals surface area contributed by atoms with Crippen molar-refractivity contribution in [3.8, 4) is 11.7 Å². The second-order valence-electron chi connectivity index (χ2n) is 2.77. The van der Waals surface area contributed by atoms with Crippen molar-refractivity contribution in [2.75, 3.05) is 6.61 Å². The fourth-order valence-electron chi connectivity index (χ4n) is 1.11. The van der Waals surface area contributed by atoms with Gasteiger partial charge in [-0.3, -0.25) is 0 Å². The van der Waals surface area contributed by atoms with Gasteiger partial charge in [0.2, 0.25) is 0 Å². The van der Waals surface area contributed by atoms with Crippen molar-refractivity contribution in [3.63, 3.8) is 0 Å². The van der Waals surface area contributed by atoms with Gasteiger partial charge in [0.1, 0.15) is 0 Å². The van der Waals surface area contributed by atoms with Crippen molar-refractivity contribution in [1.82, 2.24) is 0 Å². The van der Waals surface area contributed by atoms with Crippen LogP contribution in [-0.4, -0.2) is 16.8 Å². The van der Waals surface area contributed by atoms with Crippen LogP contribution in [0.5, 0.6) is 5.75 Å². The Morgan fingerprint density at radius 3 is 2.14 bits per heavy atom. The Morgan fingerprint density at radius 1 is 1.14 bits per heavy atom. The van der Waals surface area contributed by atoms with E-state index in [-0.39, 0.29) is 19.8 Å². The Balaban J connectivity index is 2.87. The van der Waals surface area contributed by atoms with E-state index in [9.17, 15) is 0 Å². The van der Waals surface area contributed by atoms with Crippen LogP contribution in [0.3, 0.4) is 0 Å². The number of aliphatic hydroxyl groups excluding tert-OH is 2. The molecule has 1 rings (SSSR count). The predicted octanol–water partition coefficient (Wildman–Crippen LogP) is 0.640. The van der Waals surface area contributed by atoms with Crippen LogP contribution in [-0.2, 0) is 13.2 Å². The molecule has 0 bridgehead atoms. The van der Waals surface area contributed by atoms with Gasteiger partial charge in [-0.05, 0) is 0 Å². The number of rotatable bonds is 4. The molecule has 14 heavy (non-hydrogen) atoms. The van der Waals surface area contributed by atoms with Gasteiger partial charge in [-0.25, -0.2) is 0 Å². The van der Waals surface area contributed by atoms with Gasteiger partial charge in [-0.2, -0.15) is 0 Å². The van der Waals surface area contributed by atoms with E-state index in [1.165, 1.54) is 0 Å². The summed E-state index contributed by atoms with van der Waals surface area (Å²) < 4.78 is 5.12. The van der Waals surface area contributed by atoms with E-state index in [2.05, 4.69) is 5.92 Å². The molecule has 0 aliphatic heterocycles. The Kier molecular flexibility index (Phi) is 4.20. The van der Waals surface area contributed by atoms with E-state index in [0.29, 0.717) is 16.9 Å². The molecule has 3 heteroatoms. The number of aliphatic hydroxyl groups is 2. The molecule has 0 atom stereocenters. The van der Waals surface area contributed by atoms with Gasteiger partial charge < -0.3 is 0 Å². The minimum atomic E-state index is -0.0987. The summed E-state index contributed by atoms with van der Waals surface area (Å²) in [5.41, 5.74) is 1.35. The van der Waals surface area contributed by atoms with Crippen LogP contribution in [0.1, 0.15) is 11.1 Å². The van der Waals surface area contributed by atoms with Crippen LogP contribution >= 0.6 is 0 Å². The molecule has 1 aromatic carbocycles. The zero-order chi connectivity index (χ0) is 10.4. The number of hydrogen-bond donors (Lipinski definition) is 2. The van der Waals surface area contributed by atoms with Gasteiger partial charge in [-0.15, -0.1) is 0 Å². The Bertz CT molecular complexity index is 317. The van der Waals surface area contributed by atoms with Crippen molar-refractivity contribution < 1.29 is 14.9 Å². The molecule has 3 nitrogen and oxygen atoms in total. The molecule has 0 fully saturated rings. The summed E-state index contributed by atoms with van der Waals surface area (Å²) in [7, 11) is 0. The quantitative estimate of drug-likeness (QED) is 0.542. The molecule has 0 radical (unpaired) electrons. The van der Waals surface area contributed by atoms with Gasteiger partial charge >= 0.3 is 82.2 Å². The van der Waals surface area contributed by atoms with Crippen molar-refractivity contribution in [2.24, 2.45) is 0 Å². The summed E-state index contributed by atoms with van der Waals surface area (Å²) in [6, 6.07) is 5.02. The Labute approximate surface area is 83.0 Å². The third kappa shape index (κ3) is 2.89. The van der Waals surface area contributed by atoms with Gasteiger partial charge in [0.25, 0.3) is 0 Å². The van der Waals surface area contributed by atoms with Crippen LogP contribution < -0.4 is 4.74 Å². The van der Waals surface area contributed by atoms with E-state index in [0.717, 1.165) is 0 Å². The molecule has 0 saturated carbocycles. The van der Waals surface area contributed by atoms with Gasteiger partial charge in [0.15, 0.2) is 0 Å². The molecular weight excluding hydrogens is 180 g/mol. The third-order valence-corrected chi connectivity index (χ3v) is 1.70. The van der Waals surface area contributed by atoms with Crippen molar-refractivity contribution in [3.05, 3.63) is 35.7 Å². The molecule has 1 aromatic rings. The molecule has 2 N–H and O–H groups in total. The average molecular weight is 191 g/mol. The fraction of sp³-hybridized carbons (Fsp3) is 0.273. The first-order valence-electron chi connectivity index (χ1n) is 4.17. The number of benzene rings is 1. The van der Waals surface area contributed by atoms with E-state index in [1.54, 1.807) is 18.2 Å². The molecule has 72 valence electrons. The van der Waals surface area contributed by atoms with Crippen LogP contribution in [0.4, 0.5) is 0 Å². The normalized spacial score (nSPS) is 9.71. The number of hydrogen-bond acceptors (Lipinski definition) is 3. The molecule has 0 saturated heterocycles. The van der Waals surface area contributed by atoms with Gasteiger partial charge in [0, 0.05) is 0 Å². The molecule has 0 amide bonds. The monoisotopic (exact) mass is 191 g/mol. The van der Waals surface area contributed by atoms with Crippen LogP contribution in [0.15, 0.2) is 18.2 Å². The van der Waals surface area contributed by atoms with Crippen molar-refractivity contribution in [1.29, 1.82) is 0 Å². The zero-order valence-electron chi connectivity index (χ0n) is 7.66.